The van der Waals surface area contributed by atoms with E-state index in [2.05, 4.69) is 20.1 Å². The first-order valence-electron chi connectivity index (χ1n) is 11.5. The molecule has 2 amide bonds. The third kappa shape index (κ3) is 3.73. The van der Waals surface area contributed by atoms with E-state index in [1.165, 1.54) is 6.07 Å². The molecule has 1 aromatic heterocycles. The van der Waals surface area contributed by atoms with Gasteiger partial charge < -0.3 is 15.2 Å². The number of aromatic amines is 1. The predicted molar refractivity (Wildman–Crippen MR) is 117 cm³/mol. The van der Waals surface area contributed by atoms with Crippen LogP contribution >= 0.6 is 0 Å². The lowest BCUT2D eigenvalue weighted by Crippen LogP contribution is -2.59. The maximum Gasteiger partial charge on any atom is 0.267 e. The molecule has 1 saturated heterocycles. The molecule has 3 fully saturated rings. The van der Waals surface area contributed by atoms with Crippen molar-refractivity contribution < 1.29 is 14.0 Å². The Bertz CT molecular complexity index is 989. The standard InChI is InChI=1S/C24H31FN4O2/c1-15-6-7-20(25)19-13-21(27-22(15)19)23(31)26-17-4-3-5-18(12-17)28-10-11-29(16(2)30)24(14-28)8-9-24/h6-7,13,17-18,27H,3-5,8-12,14H2,1-2H3,(H,26,31)/t17-,18-/m1/s1. The van der Waals surface area contributed by atoms with E-state index >= 15 is 0 Å². The number of rotatable bonds is 3. The summed E-state index contributed by atoms with van der Waals surface area (Å²) in [6.07, 6.45) is 6.32. The van der Waals surface area contributed by atoms with E-state index in [0.717, 1.165) is 63.7 Å². The number of nitrogens with zero attached hydrogens (tertiary/aromatic N) is 2. The number of amides is 2. The topological polar surface area (TPSA) is 68.4 Å². The summed E-state index contributed by atoms with van der Waals surface area (Å²) in [5.41, 5.74) is 2.08. The number of halogens is 1. The van der Waals surface area contributed by atoms with Gasteiger partial charge in [0, 0.05) is 44.0 Å². The van der Waals surface area contributed by atoms with Gasteiger partial charge in [-0.2, -0.15) is 0 Å². The molecular formula is C24H31FN4O2. The van der Waals surface area contributed by atoms with Gasteiger partial charge in [0.05, 0.1) is 11.1 Å². The lowest BCUT2D eigenvalue weighted by molar-refractivity contribution is -0.135. The van der Waals surface area contributed by atoms with E-state index in [1.54, 1.807) is 19.1 Å². The third-order valence-electron chi connectivity index (χ3n) is 7.58. The van der Waals surface area contributed by atoms with E-state index in [0.29, 0.717) is 22.6 Å². The molecule has 2 atom stereocenters. The number of aryl methyl sites for hydroxylation is 1. The van der Waals surface area contributed by atoms with Crippen LogP contribution in [0.2, 0.25) is 0 Å². The summed E-state index contributed by atoms with van der Waals surface area (Å²) in [5, 5.41) is 3.65. The number of H-pyrrole nitrogens is 1. The summed E-state index contributed by atoms with van der Waals surface area (Å²) < 4.78 is 14.1. The number of benzene rings is 1. The van der Waals surface area contributed by atoms with Crippen LogP contribution in [-0.4, -0.2) is 63.9 Å². The molecule has 6 nitrogen and oxygen atoms in total. The fraction of sp³-hybridized carbons (Fsp3) is 0.583. The van der Waals surface area contributed by atoms with E-state index in [4.69, 9.17) is 0 Å². The van der Waals surface area contributed by atoms with Crippen molar-refractivity contribution in [2.75, 3.05) is 19.6 Å². The minimum Gasteiger partial charge on any atom is -0.350 e. The van der Waals surface area contributed by atoms with Crippen LogP contribution in [0.5, 0.6) is 0 Å². The Hall–Kier alpha value is -2.41. The normalized spacial score (nSPS) is 25.7. The molecule has 7 heteroatoms. The molecule has 2 aliphatic carbocycles. The molecule has 2 heterocycles. The summed E-state index contributed by atoms with van der Waals surface area (Å²) in [7, 11) is 0. The van der Waals surface area contributed by atoms with Crippen LogP contribution < -0.4 is 5.32 Å². The average molecular weight is 427 g/mol. The predicted octanol–water partition coefficient (Wildman–Crippen LogP) is 3.35. The van der Waals surface area contributed by atoms with E-state index in [-0.39, 0.29) is 29.2 Å². The van der Waals surface area contributed by atoms with Crippen LogP contribution in [0.25, 0.3) is 10.9 Å². The highest BCUT2D eigenvalue weighted by Crippen LogP contribution is 2.45. The number of hydrogen-bond donors (Lipinski definition) is 2. The zero-order chi connectivity index (χ0) is 21.8. The summed E-state index contributed by atoms with van der Waals surface area (Å²) in [6, 6.07) is 5.33. The minimum atomic E-state index is -0.313. The molecule has 3 aliphatic rings. The molecule has 2 saturated carbocycles. The molecule has 2 N–H and O–H groups in total. The number of fused-ring (bicyclic) bond motifs is 1. The van der Waals surface area contributed by atoms with E-state index in [9.17, 15) is 14.0 Å². The number of aromatic nitrogens is 1. The summed E-state index contributed by atoms with van der Waals surface area (Å²) in [5.74, 6) is -0.288. The smallest absolute Gasteiger partial charge is 0.267 e. The Morgan fingerprint density at radius 3 is 2.74 bits per heavy atom. The maximum atomic E-state index is 14.1. The minimum absolute atomic E-state index is 0.0621. The quantitative estimate of drug-likeness (QED) is 0.791. The second-order valence-corrected chi connectivity index (χ2v) is 9.69. The highest BCUT2D eigenvalue weighted by atomic mass is 19.1. The molecule has 31 heavy (non-hydrogen) atoms. The van der Waals surface area contributed by atoms with Gasteiger partial charge in [-0.15, -0.1) is 0 Å². The molecule has 2 aromatic rings. The number of piperazine rings is 1. The van der Waals surface area contributed by atoms with Gasteiger partial charge in [-0.1, -0.05) is 6.07 Å². The largest absolute Gasteiger partial charge is 0.350 e. The second-order valence-electron chi connectivity index (χ2n) is 9.69. The summed E-state index contributed by atoms with van der Waals surface area (Å²) in [4.78, 5) is 32.6. The number of carbonyl (C=O) groups is 2. The Kier molecular flexibility index (Phi) is 5.04. The van der Waals surface area contributed by atoms with Gasteiger partial charge in [0.1, 0.15) is 11.5 Å². The molecule has 0 unspecified atom stereocenters. The van der Waals surface area contributed by atoms with Crippen molar-refractivity contribution in [1.29, 1.82) is 0 Å². The van der Waals surface area contributed by atoms with E-state index in [1.807, 2.05) is 6.92 Å². The molecule has 0 bridgehead atoms. The van der Waals surface area contributed by atoms with Crippen LogP contribution in [0, 0.1) is 12.7 Å². The van der Waals surface area contributed by atoms with Crippen molar-refractivity contribution in [3.8, 4) is 0 Å². The van der Waals surface area contributed by atoms with Crippen LogP contribution in [0.1, 0.15) is 61.5 Å². The summed E-state index contributed by atoms with van der Waals surface area (Å²) in [6.45, 7) is 6.26. The van der Waals surface area contributed by atoms with Gasteiger partial charge in [-0.25, -0.2) is 4.39 Å². The first kappa shape index (κ1) is 20.5. The van der Waals surface area contributed by atoms with Crippen molar-refractivity contribution in [2.45, 2.75) is 70.0 Å². The first-order chi connectivity index (χ1) is 14.9. The molecule has 1 aromatic carbocycles. The van der Waals surface area contributed by atoms with Gasteiger partial charge in [0.2, 0.25) is 5.91 Å². The summed E-state index contributed by atoms with van der Waals surface area (Å²) >= 11 is 0. The number of carbonyl (C=O) groups excluding carboxylic acids is 2. The monoisotopic (exact) mass is 426 g/mol. The molecule has 5 rings (SSSR count). The molecule has 1 aliphatic heterocycles. The molecule has 1 spiro atoms. The zero-order valence-corrected chi connectivity index (χ0v) is 18.3. The van der Waals surface area contributed by atoms with Crippen LogP contribution in [0.15, 0.2) is 18.2 Å². The molecule has 0 radical (unpaired) electrons. The van der Waals surface area contributed by atoms with Crippen molar-refractivity contribution in [3.05, 3.63) is 35.3 Å². The molecular weight excluding hydrogens is 395 g/mol. The first-order valence-corrected chi connectivity index (χ1v) is 11.5. The fourth-order valence-corrected chi connectivity index (χ4v) is 5.72. The fourth-order valence-electron chi connectivity index (χ4n) is 5.72. The lowest BCUT2D eigenvalue weighted by atomic mass is 9.88. The highest BCUT2D eigenvalue weighted by Gasteiger charge is 2.53. The van der Waals surface area contributed by atoms with Gasteiger partial charge >= 0.3 is 0 Å². The number of hydrogen-bond acceptors (Lipinski definition) is 3. The van der Waals surface area contributed by atoms with Crippen LogP contribution in [0.3, 0.4) is 0 Å². The second kappa shape index (κ2) is 7.62. The third-order valence-corrected chi connectivity index (χ3v) is 7.58. The van der Waals surface area contributed by atoms with Gasteiger partial charge in [-0.3, -0.25) is 14.5 Å². The number of nitrogens with one attached hydrogen (secondary N) is 2. The Morgan fingerprint density at radius 2 is 2.03 bits per heavy atom. The van der Waals surface area contributed by atoms with Gasteiger partial charge in [0.25, 0.3) is 5.91 Å². The van der Waals surface area contributed by atoms with Crippen molar-refractivity contribution >= 4 is 22.7 Å². The zero-order valence-electron chi connectivity index (χ0n) is 18.3. The SMILES string of the molecule is CC(=O)N1CCN([C@@H]2CCC[C@@H](NC(=O)c3cc4c(F)ccc(C)c4[nH]3)C2)CC12CC2. The van der Waals surface area contributed by atoms with Crippen LogP contribution in [-0.2, 0) is 4.79 Å². The maximum absolute atomic E-state index is 14.1. The van der Waals surface area contributed by atoms with E-state index < -0.39 is 0 Å². The van der Waals surface area contributed by atoms with Crippen LogP contribution in [0.4, 0.5) is 4.39 Å². The van der Waals surface area contributed by atoms with Gasteiger partial charge in [0.15, 0.2) is 0 Å². The average Bonchev–Trinajstić information content (AvgIpc) is 3.34. The van der Waals surface area contributed by atoms with Crippen molar-refractivity contribution in [3.63, 3.8) is 0 Å². The Labute approximate surface area is 182 Å². The van der Waals surface area contributed by atoms with Crippen molar-refractivity contribution in [1.82, 2.24) is 20.1 Å². The highest BCUT2D eigenvalue weighted by molar-refractivity contribution is 5.99. The Morgan fingerprint density at radius 1 is 1.23 bits per heavy atom. The van der Waals surface area contributed by atoms with Crippen molar-refractivity contribution in [2.24, 2.45) is 0 Å². The Balaban J connectivity index is 1.24. The van der Waals surface area contributed by atoms with Gasteiger partial charge in [-0.05, 0) is 63.1 Å². The lowest BCUT2D eigenvalue weighted by Gasteiger charge is -2.46. The molecule has 166 valence electrons.